The Morgan fingerprint density at radius 3 is 2.11 bits per heavy atom. The Morgan fingerprint density at radius 1 is 0.947 bits per heavy atom. The number of ketones is 2. The molecule has 0 bridgehead atoms. The van der Waals surface area contributed by atoms with Crippen molar-refractivity contribution in [3.8, 4) is 0 Å². The molecule has 0 saturated carbocycles. The fraction of sp³-hybridized carbons (Fsp3) is 0.133. The lowest BCUT2D eigenvalue weighted by Gasteiger charge is -2.28. The van der Waals surface area contributed by atoms with Crippen LogP contribution < -0.4 is 0 Å². The fourth-order valence-corrected chi connectivity index (χ4v) is 2.56. The molecule has 0 fully saturated rings. The molecule has 0 aliphatic heterocycles. The summed E-state index contributed by atoms with van der Waals surface area (Å²) in [4.78, 5) is 35.6. The van der Waals surface area contributed by atoms with Crippen molar-refractivity contribution < 1.29 is 19.5 Å². The van der Waals surface area contributed by atoms with E-state index >= 15 is 0 Å². The van der Waals surface area contributed by atoms with Gasteiger partial charge in [0.15, 0.2) is 11.6 Å². The number of hydrogen-bond donors (Lipinski definition) is 1. The van der Waals surface area contributed by atoms with Crippen molar-refractivity contribution in [1.29, 1.82) is 0 Å². The predicted molar refractivity (Wildman–Crippen MR) is 67.3 cm³/mol. The molecule has 0 heterocycles. The SMILES string of the molecule is O=C(O)c1ccc2c(c1)C(=O)C1C=CC=CC1C2=O. The zero-order chi connectivity index (χ0) is 13.6. The zero-order valence-electron chi connectivity index (χ0n) is 9.87. The second-order valence-corrected chi connectivity index (χ2v) is 4.62. The van der Waals surface area contributed by atoms with Crippen LogP contribution in [0.4, 0.5) is 0 Å². The van der Waals surface area contributed by atoms with Crippen LogP contribution in [0.15, 0.2) is 42.5 Å². The normalized spacial score (nSPS) is 24.0. The number of carboxylic acid groups (broad SMARTS) is 1. The van der Waals surface area contributed by atoms with Crippen LogP contribution in [0.3, 0.4) is 0 Å². The van der Waals surface area contributed by atoms with Gasteiger partial charge in [-0.3, -0.25) is 9.59 Å². The number of carbonyl (C=O) groups excluding carboxylic acids is 2. The molecule has 2 atom stereocenters. The minimum atomic E-state index is -1.11. The highest BCUT2D eigenvalue weighted by Gasteiger charge is 2.39. The van der Waals surface area contributed by atoms with Gasteiger partial charge in [-0.15, -0.1) is 0 Å². The van der Waals surface area contributed by atoms with Crippen molar-refractivity contribution in [2.45, 2.75) is 0 Å². The summed E-state index contributed by atoms with van der Waals surface area (Å²) < 4.78 is 0. The van der Waals surface area contributed by atoms with Crippen molar-refractivity contribution >= 4 is 17.5 Å². The molecule has 19 heavy (non-hydrogen) atoms. The largest absolute Gasteiger partial charge is 0.478 e. The van der Waals surface area contributed by atoms with Gasteiger partial charge in [-0.05, 0) is 18.2 Å². The van der Waals surface area contributed by atoms with E-state index in [1.165, 1.54) is 18.2 Å². The Bertz CT molecular complexity index is 667. The average Bonchev–Trinajstić information content (AvgIpc) is 2.44. The van der Waals surface area contributed by atoms with E-state index in [0.29, 0.717) is 5.56 Å². The number of Topliss-reactive ketones (excluding diaryl/α,β-unsaturated/α-hetero) is 2. The quantitative estimate of drug-likeness (QED) is 0.833. The van der Waals surface area contributed by atoms with Crippen LogP contribution in [-0.4, -0.2) is 22.6 Å². The van der Waals surface area contributed by atoms with Crippen LogP contribution in [0, 0.1) is 11.8 Å². The van der Waals surface area contributed by atoms with E-state index in [1.54, 1.807) is 24.3 Å². The minimum absolute atomic E-state index is 0.0219. The van der Waals surface area contributed by atoms with Crippen molar-refractivity contribution in [2.75, 3.05) is 0 Å². The minimum Gasteiger partial charge on any atom is -0.478 e. The molecule has 0 aromatic heterocycles. The van der Waals surface area contributed by atoms with Crippen molar-refractivity contribution in [3.05, 3.63) is 59.2 Å². The Morgan fingerprint density at radius 2 is 1.53 bits per heavy atom. The molecule has 4 heteroatoms. The lowest BCUT2D eigenvalue weighted by Crippen LogP contribution is -2.35. The first kappa shape index (κ1) is 11.6. The van der Waals surface area contributed by atoms with Gasteiger partial charge in [0.25, 0.3) is 0 Å². The number of carboxylic acids is 1. The van der Waals surface area contributed by atoms with Gasteiger partial charge >= 0.3 is 5.97 Å². The van der Waals surface area contributed by atoms with Gasteiger partial charge in [-0.25, -0.2) is 4.79 Å². The van der Waals surface area contributed by atoms with E-state index in [0.717, 1.165) is 0 Å². The molecule has 0 saturated heterocycles. The highest BCUT2D eigenvalue weighted by Crippen LogP contribution is 2.34. The van der Waals surface area contributed by atoms with Crippen LogP contribution in [0.5, 0.6) is 0 Å². The van der Waals surface area contributed by atoms with Crippen LogP contribution in [0.25, 0.3) is 0 Å². The molecule has 1 aromatic rings. The van der Waals surface area contributed by atoms with Gasteiger partial charge in [0.05, 0.1) is 17.4 Å². The first-order chi connectivity index (χ1) is 9.09. The summed E-state index contributed by atoms with van der Waals surface area (Å²) in [5, 5.41) is 8.95. The number of rotatable bonds is 1. The number of fused-ring (bicyclic) bond motifs is 2. The van der Waals surface area contributed by atoms with E-state index in [9.17, 15) is 14.4 Å². The van der Waals surface area contributed by atoms with E-state index in [2.05, 4.69) is 0 Å². The maximum absolute atomic E-state index is 12.3. The molecule has 1 N–H and O–H groups in total. The summed E-state index contributed by atoms with van der Waals surface area (Å²) in [7, 11) is 0. The van der Waals surface area contributed by atoms with Gasteiger partial charge in [0, 0.05) is 11.1 Å². The monoisotopic (exact) mass is 254 g/mol. The summed E-state index contributed by atoms with van der Waals surface area (Å²) in [6.07, 6.45) is 6.90. The second kappa shape index (κ2) is 4.02. The Hall–Kier alpha value is -2.49. The number of hydrogen-bond acceptors (Lipinski definition) is 3. The maximum atomic E-state index is 12.3. The van der Waals surface area contributed by atoms with Gasteiger partial charge < -0.3 is 5.11 Å². The van der Waals surface area contributed by atoms with Gasteiger partial charge in [0.1, 0.15) is 0 Å². The van der Waals surface area contributed by atoms with E-state index in [4.69, 9.17) is 5.11 Å². The fourth-order valence-electron chi connectivity index (χ4n) is 2.56. The summed E-state index contributed by atoms with van der Waals surface area (Å²) in [6.45, 7) is 0. The molecular weight excluding hydrogens is 244 g/mol. The summed E-state index contributed by atoms with van der Waals surface area (Å²) in [6, 6.07) is 4.08. The number of allylic oxidation sites excluding steroid dienone is 4. The summed E-state index contributed by atoms with van der Waals surface area (Å²) in [5.41, 5.74) is 0.552. The number of aromatic carboxylic acids is 1. The third-order valence-corrected chi connectivity index (χ3v) is 3.54. The first-order valence-electron chi connectivity index (χ1n) is 5.90. The highest BCUT2D eigenvalue weighted by molar-refractivity contribution is 6.18. The molecule has 1 aromatic carbocycles. The van der Waals surface area contributed by atoms with E-state index < -0.39 is 17.8 Å². The molecule has 94 valence electrons. The third-order valence-electron chi connectivity index (χ3n) is 3.54. The molecule has 4 nitrogen and oxygen atoms in total. The average molecular weight is 254 g/mol. The summed E-state index contributed by atoms with van der Waals surface area (Å²) >= 11 is 0. The molecule has 2 aliphatic rings. The van der Waals surface area contributed by atoms with E-state index in [-0.39, 0.29) is 22.7 Å². The number of carbonyl (C=O) groups is 3. The molecular formula is C15H10O4. The van der Waals surface area contributed by atoms with E-state index in [1.807, 2.05) is 0 Å². The first-order valence-corrected chi connectivity index (χ1v) is 5.90. The topological polar surface area (TPSA) is 71.4 Å². The Balaban J connectivity index is 2.18. The smallest absolute Gasteiger partial charge is 0.335 e. The highest BCUT2D eigenvalue weighted by atomic mass is 16.4. The lowest BCUT2D eigenvalue weighted by atomic mass is 9.72. The number of benzene rings is 1. The van der Waals surface area contributed by atoms with Crippen molar-refractivity contribution in [2.24, 2.45) is 11.8 Å². The van der Waals surface area contributed by atoms with Crippen LogP contribution in [0.1, 0.15) is 31.1 Å². The second-order valence-electron chi connectivity index (χ2n) is 4.62. The maximum Gasteiger partial charge on any atom is 0.335 e. The standard InChI is InChI=1S/C15H10O4/c16-13-9-3-1-2-4-10(9)14(17)12-7-8(15(18)19)5-6-11(12)13/h1-7,9-10H,(H,18,19). The van der Waals surface area contributed by atoms with Crippen LogP contribution in [0.2, 0.25) is 0 Å². The predicted octanol–water partition coefficient (Wildman–Crippen LogP) is 2.12. The van der Waals surface area contributed by atoms with Crippen LogP contribution in [-0.2, 0) is 0 Å². The molecule has 2 unspecified atom stereocenters. The Kier molecular flexibility index (Phi) is 2.45. The molecule has 0 spiro atoms. The third kappa shape index (κ3) is 1.64. The lowest BCUT2D eigenvalue weighted by molar-refractivity contribution is 0.0695. The molecule has 0 radical (unpaired) electrons. The van der Waals surface area contributed by atoms with Crippen molar-refractivity contribution in [1.82, 2.24) is 0 Å². The summed E-state index contributed by atoms with van der Waals surface area (Å²) in [5.74, 6) is -2.39. The van der Waals surface area contributed by atoms with Gasteiger partial charge in [0.2, 0.25) is 0 Å². The molecule has 2 aliphatic carbocycles. The molecule has 3 rings (SSSR count). The van der Waals surface area contributed by atoms with Gasteiger partial charge in [-0.2, -0.15) is 0 Å². The Labute approximate surface area is 109 Å². The van der Waals surface area contributed by atoms with Gasteiger partial charge in [-0.1, -0.05) is 24.3 Å². The molecule has 0 amide bonds. The zero-order valence-corrected chi connectivity index (χ0v) is 9.87. The van der Waals surface area contributed by atoms with Crippen molar-refractivity contribution in [3.63, 3.8) is 0 Å². The van der Waals surface area contributed by atoms with Crippen LogP contribution >= 0.6 is 0 Å².